The van der Waals surface area contributed by atoms with Crippen molar-refractivity contribution in [1.82, 2.24) is 30.2 Å². The highest BCUT2D eigenvalue weighted by Gasteiger charge is 2.49. The number of carbonyl (C=O) groups is 2. The van der Waals surface area contributed by atoms with E-state index in [0.717, 1.165) is 35.1 Å². The molecule has 242 valence electrons. The van der Waals surface area contributed by atoms with Gasteiger partial charge in [0.2, 0.25) is 12.1 Å². The van der Waals surface area contributed by atoms with Gasteiger partial charge in [-0.25, -0.2) is 14.6 Å². The van der Waals surface area contributed by atoms with Crippen LogP contribution in [0.25, 0.3) is 22.5 Å². The summed E-state index contributed by atoms with van der Waals surface area (Å²) < 4.78 is 28.6. The predicted octanol–water partition coefficient (Wildman–Crippen LogP) is 3.96. The summed E-state index contributed by atoms with van der Waals surface area (Å²) in [6.45, 7) is 3.89. The molecule has 2 saturated heterocycles. The molecule has 2 aliphatic heterocycles. The van der Waals surface area contributed by atoms with Gasteiger partial charge in [0.25, 0.3) is 0 Å². The maximum Gasteiger partial charge on any atom is 0.511 e. The van der Waals surface area contributed by atoms with E-state index in [1.54, 1.807) is 4.57 Å². The van der Waals surface area contributed by atoms with Crippen molar-refractivity contribution in [3.8, 4) is 22.5 Å². The van der Waals surface area contributed by atoms with Gasteiger partial charge in [0.1, 0.15) is 24.1 Å². The fraction of sp³-hybridized carbons (Fsp3) is 0.419. The number of nitrogens with zero attached hydrogens (tertiary/aromatic N) is 5. The van der Waals surface area contributed by atoms with E-state index in [0.29, 0.717) is 24.6 Å². The lowest BCUT2D eigenvalue weighted by Gasteiger charge is -2.19. The van der Waals surface area contributed by atoms with Crippen molar-refractivity contribution in [3.05, 3.63) is 70.8 Å². The molecule has 2 aromatic carbocycles. The molecule has 6 rings (SSSR count). The molecule has 4 aromatic rings. The Morgan fingerprint density at radius 3 is 2.59 bits per heavy atom. The summed E-state index contributed by atoms with van der Waals surface area (Å²) in [6.07, 6.45) is -2.72. The van der Waals surface area contributed by atoms with E-state index in [9.17, 15) is 14.7 Å². The quantitative estimate of drug-likeness (QED) is 0.177. The number of unbranched alkanes of at least 4 members (excludes halogenated alkanes) is 1. The monoisotopic (exact) mass is 652 g/mol. The fourth-order valence-electron chi connectivity index (χ4n) is 5.60. The van der Waals surface area contributed by atoms with Crippen LogP contribution in [0, 0.1) is 0 Å². The van der Waals surface area contributed by atoms with E-state index >= 15 is 0 Å². The summed E-state index contributed by atoms with van der Waals surface area (Å²) in [7, 11) is 0. The van der Waals surface area contributed by atoms with Gasteiger partial charge in [-0.1, -0.05) is 73.5 Å². The summed E-state index contributed by atoms with van der Waals surface area (Å²) in [5.41, 5.74) is 3.67. The lowest BCUT2D eigenvalue weighted by atomic mass is 9.98. The Morgan fingerprint density at radius 1 is 1.09 bits per heavy atom. The van der Waals surface area contributed by atoms with Crippen molar-refractivity contribution >= 4 is 23.7 Å². The Morgan fingerprint density at radius 2 is 1.85 bits per heavy atom. The molecule has 46 heavy (non-hydrogen) atoms. The molecule has 2 N–H and O–H groups in total. The number of aryl methyl sites for hydroxylation is 1. The van der Waals surface area contributed by atoms with E-state index in [4.69, 9.17) is 35.3 Å². The fourth-order valence-corrected chi connectivity index (χ4v) is 5.87. The number of rotatable bonds is 11. The number of esters is 1. The Bertz CT molecular complexity index is 1660. The number of hydrogen-bond donors (Lipinski definition) is 2. The predicted molar refractivity (Wildman–Crippen MR) is 162 cm³/mol. The van der Waals surface area contributed by atoms with Crippen LogP contribution >= 0.6 is 11.6 Å². The Balaban J connectivity index is 1.15. The minimum absolute atomic E-state index is 0.0115. The standard InChI is InChI=1S/C31H33ClN6O8/c1-3-4-9-24-33-28(32)25(30(40)44-17(2)45-31(41)46-23-16-43-26-22(39)15-42-27(23)26)38(24)14-18-10-12-19(13-11-18)20-7-5-6-8-21(20)29-34-36-37-35-29/h5-8,10-13,17,22-23,26-27,39H,3-4,9,14-16H2,1-2H3,(H,34,35,36,37)/t17?,22-,23-,26-,27-/m1/s1. The molecule has 0 aliphatic carbocycles. The molecule has 2 aromatic heterocycles. The van der Waals surface area contributed by atoms with Crippen LogP contribution < -0.4 is 0 Å². The van der Waals surface area contributed by atoms with Crippen molar-refractivity contribution in [1.29, 1.82) is 0 Å². The van der Waals surface area contributed by atoms with Gasteiger partial charge in [0, 0.05) is 25.5 Å². The smallest absolute Gasteiger partial charge is 0.426 e. The number of H-pyrrole nitrogens is 1. The Hall–Kier alpha value is -4.37. The first kappa shape index (κ1) is 31.6. The third-order valence-corrected chi connectivity index (χ3v) is 8.10. The summed E-state index contributed by atoms with van der Waals surface area (Å²) >= 11 is 6.49. The highest BCUT2D eigenvalue weighted by Crippen LogP contribution is 2.31. The Kier molecular flexibility index (Phi) is 9.59. The van der Waals surface area contributed by atoms with Crippen LogP contribution in [0.2, 0.25) is 5.15 Å². The second kappa shape index (κ2) is 14.0. The van der Waals surface area contributed by atoms with E-state index in [2.05, 4.69) is 32.5 Å². The van der Waals surface area contributed by atoms with Gasteiger partial charge < -0.3 is 33.4 Å². The van der Waals surface area contributed by atoms with Crippen molar-refractivity contribution in [2.45, 2.75) is 70.4 Å². The maximum absolute atomic E-state index is 13.4. The van der Waals surface area contributed by atoms with Crippen LogP contribution in [0.1, 0.15) is 48.6 Å². The van der Waals surface area contributed by atoms with Gasteiger partial charge in [0.15, 0.2) is 17.0 Å². The van der Waals surface area contributed by atoms with Gasteiger partial charge in [-0.05, 0) is 28.3 Å². The average Bonchev–Trinajstić information content (AvgIpc) is 3.84. The van der Waals surface area contributed by atoms with Crippen LogP contribution in [-0.4, -0.2) is 91.3 Å². The number of ether oxygens (including phenoxy) is 5. The molecule has 0 amide bonds. The van der Waals surface area contributed by atoms with Gasteiger partial charge in [0.05, 0.1) is 13.2 Å². The molecular weight excluding hydrogens is 620 g/mol. The second-order valence-electron chi connectivity index (χ2n) is 11.0. The molecule has 4 heterocycles. The molecule has 0 spiro atoms. The van der Waals surface area contributed by atoms with E-state index in [1.807, 2.05) is 48.5 Å². The normalized spacial score (nSPS) is 21.1. The lowest BCUT2D eigenvalue weighted by Crippen LogP contribution is -2.35. The maximum atomic E-state index is 13.4. The third-order valence-electron chi connectivity index (χ3n) is 7.83. The van der Waals surface area contributed by atoms with Crippen LogP contribution in [-0.2, 0) is 36.6 Å². The van der Waals surface area contributed by atoms with E-state index in [-0.39, 0.29) is 24.1 Å². The number of carbonyl (C=O) groups excluding carboxylic acids is 2. The number of benzene rings is 2. The number of aliphatic hydroxyl groups excluding tert-OH is 1. The van der Waals surface area contributed by atoms with E-state index < -0.39 is 42.8 Å². The molecule has 2 aliphatic rings. The van der Waals surface area contributed by atoms with Crippen LogP contribution in [0.5, 0.6) is 0 Å². The first-order valence-electron chi connectivity index (χ1n) is 15.0. The third kappa shape index (κ3) is 6.75. The van der Waals surface area contributed by atoms with Crippen molar-refractivity contribution < 1.29 is 38.4 Å². The van der Waals surface area contributed by atoms with Crippen molar-refractivity contribution in [2.75, 3.05) is 13.2 Å². The van der Waals surface area contributed by atoms with Crippen LogP contribution in [0.4, 0.5) is 4.79 Å². The van der Waals surface area contributed by atoms with Gasteiger partial charge in [-0.15, -0.1) is 10.2 Å². The average molecular weight is 653 g/mol. The number of aromatic nitrogens is 6. The zero-order valence-corrected chi connectivity index (χ0v) is 25.9. The first-order valence-corrected chi connectivity index (χ1v) is 15.4. The highest BCUT2D eigenvalue weighted by molar-refractivity contribution is 6.32. The highest BCUT2D eigenvalue weighted by atomic mass is 35.5. The zero-order chi connectivity index (χ0) is 32.2. The number of aliphatic hydroxyl groups is 1. The number of halogens is 1. The minimum atomic E-state index is -1.30. The van der Waals surface area contributed by atoms with E-state index in [1.165, 1.54) is 6.92 Å². The minimum Gasteiger partial charge on any atom is -0.426 e. The van der Waals surface area contributed by atoms with Crippen molar-refractivity contribution in [3.63, 3.8) is 0 Å². The summed E-state index contributed by atoms with van der Waals surface area (Å²) in [6, 6.07) is 15.6. The molecular formula is C31H33ClN6O8. The van der Waals surface area contributed by atoms with Crippen LogP contribution in [0.15, 0.2) is 48.5 Å². The van der Waals surface area contributed by atoms with Crippen molar-refractivity contribution in [2.24, 2.45) is 0 Å². The molecule has 0 radical (unpaired) electrons. The molecule has 14 nitrogen and oxygen atoms in total. The number of fused-ring (bicyclic) bond motifs is 1. The topological polar surface area (TPSA) is 173 Å². The SMILES string of the molecule is CCCCc1nc(Cl)c(C(=O)OC(C)OC(=O)O[C@@H]2CO[C@H]3[C@@H]2OC[C@H]3O)n1Cc1ccc(-c2ccccc2-c2nn[nH]n2)cc1. The largest absolute Gasteiger partial charge is 0.511 e. The molecule has 5 atom stereocenters. The summed E-state index contributed by atoms with van der Waals surface area (Å²) in [5, 5.41) is 24.3. The number of aromatic amines is 1. The first-order chi connectivity index (χ1) is 22.3. The number of hydrogen-bond acceptors (Lipinski definition) is 12. The molecule has 0 bridgehead atoms. The van der Waals surface area contributed by atoms with Gasteiger partial charge in [-0.3, -0.25) is 0 Å². The summed E-state index contributed by atoms with van der Waals surface area (Å²) in [4.78, 5) is 30.3. The number of tetrazole rings is 1. The molecule has 1 unspecified atom stereocenters. The number of nitrogens with one attached hydrogen (secondary N) is 1. The molecule has 2 fully saturated rings. The van der Waals surface area contributed by atoms with Gasteiger partial charge >= 0.3 is 12.1 Å². The lowest BCUT2D eigenvalue weighted by molar-refractivity contribution is -0.0990. The summed E-state index contributed by atoms with van der Waals surface area (Å²) in [5.74, 6) is 0.317. The molecule has 15 heteroatoms. The second-order valence-corrected chi connectivity index (χ2v) is 11.4. The zero-order valence-electron chi connectivity index (χ0n) is 25.2. The Labute approximate surface area is 268 Å². The number of imidazole rings is 1. The molecule has 0 saturated carbocycles. The van der Waals surface area contributed by atoms with Crippen LogP contribution in [0.3, 0.4) is 0 Å². The van der Waals surface area contributed by atoms with Gasteiger partial charge in [-0.2, -0.15) is 5.21 Å².